The van der Waals surface area contributed by atoms with Crippen LogP contribution in [-0.2, 0) is 6.42 Å². The lowest BCUT2D eigenvalue weighted by molar-refractivity contribution is 0.0993. The van der Waals surface area contributed by atoms with E-state index in [0.29, 0.717) is 24.2 Å². The molecule has 112 valence electrons. The number of amides is 2. The van der Waals surface area contributed by atoms with Gasteiger partial charge in [0.25, 0.3) is 5.91 Å². The molecule has 1 aliphatic heterocycles. The maximum absolute atomic E-state index is 12.4. The Kier molecular flexibility index (Phi) is 3.55. The SMILES string of the molecule is CN(C(=O)c1ccccc1)c1ccc2c(c1)CCN2C(=O)O. The molecule has 0 aliphatic carbocycles. The third-order valence-electron chi connectivity index (χ3n) is 3.90. The highest BCUT2D eigenvalue weighted by Gasteiger charge is 2.25. The fraction of sp³-hybridized carbons (Fsp3) is 0.176. The van der Waals surface area contributed by atoms with Crippen LogP contribution >= 0.6 is 0 Å². The molecular weight excluding hydrogens is 280 g/mol. The second-order valence-electron chi connectivity index (χ2n) is 5.23. The molecule has 0 spiro atoms. The summed E-state index contributed by atoms with van der Waals surface area (Å²) in [5, 5.41) is 9.14. The lowest BCUT2D eigenvalue weighted by Crippen LogP contribution is -2.27. The minimum atomic E-state index is -0.944. The van der Waals surface area contributed by atoms with Gasteiger partial charge in [0.15, 0.2) is 0 Å². The van der Waals surface area contributed by atoms with Crippen LogP contribution in [0.1, 0.15) is 15.9 Å². The fourth-order valence-corrected chi connectivity index (χ4v) is 2.69. The molecule has 1 heterocycles. The van der Waals surface area contributed by atoms with Crippen molar-refractivity contribution < 1.29 is 14.7 Å². The lowest BCUT2D eigenvalue weighted by atomic mass is 10.1. The third kappa shape index (κ3) is 2.41. The average Bonchev–Trinajstić information content (AvgIpc) is 2.97. The van der Waals surface area contributed by atoms with Crippen molar-refractivity contribution in [3.63, 3.8) is 0 Å². The van der Waals surface area contributed by atoms with Crippen LogP contribution in [0, 0.1) is 0 Å². The first-order valence-electron chi connectivity index (χ1n) is 7.04. The monoisotopic (exact) mass is 296 g/mol. The Labute approximate surface area is 128 Å². The van der Waals surface area contributed by atoms with Crippen LogP contribution in [-0.4, -0.2) is 30.7 Å². The molecule has 0 unspecified atom stereocenters. The van der Waals surface area contributed by atoms with Crippen LogP contribution in [0.15, 0.2) is 48.5 Å². The summed E-state index contributed by atoms with van der Waals surface area (Å²) >= 11 is 0. The fourth-order valence-electron chi connectivity index (χ4n) is 2.69. The van der Waals surface area contributed by atoms with E-state index in [1.165, 1.54) is 4.90 Å². The van der Waals surface area contributed by atoms with Crippen LogP contribution in [0.3, 0.4) is 0 Å². The molecule has 0 saturated heterocycles. The summed E-state index contributed by atoms with van der Waals surface area (Å²) in [5.74, 6) is -0.0892. The van der Waals surface area contributed by atoms with Crippen molar-refractivity contribution in [2.24, 2.45) is 0 Å². The normalized spacial score (nSPS) is 12.9. The lowest BCUT2D eigenvalue weighted by Gasteiger charge is -2.19. The molecule has 22 heavy (non-hydrogen) atoms. The van der Waals surface area contributed by atoms with E-state index in [4.69, 9.17) is 5.11 Å². The summed E-state index contributed by atoms with van der Waals surface area (Å²) in [5.41, 5.74) is 3.04. The molecule has 0 fully saturated rings. The number of rotatable bonds is 2. The van der Waals surface area contributed by atoms with Gasteiger partial charge in [-0.1, -0.05) is 18.2 Å². The van der Waals surface area contributed by atoms with Crippen LogP contribution < -0.4 is 9.80 Å². The van der Waals surface area contributed by atoms with E-state index in [0.717, 1.165) is 11.3 Å². The summed E-state index contributed by atoms with van der Waals surface area (Å²) in [4.78, 5) is 26.5. The Balaban J connectivity index is 1.87. The van der Waals surface area contributed by atoms with Gasteiger partial charge in [0.1, 0.15) is 0 Å². The molecule has 1 aliphatic rings. The maximum Gasteiger partial charge on any atom is 0.411 e. The van der Waals surface area contributed by atoms with Crippen molar-refractivity contribution in [3.8, 4) is 0 Å². The number of hydrogen-bond acceptors (Lipinski definition) is 2. The zero-order chi connectivity index (χ0) is 15.7. The van der Waals surface area contributed by atoms with Crippen LogP contribution in [0.25, 0.3) is 0 Å². The standard InChI is InChI=1S/C17H16N2O3/c1-18(16(20)12-5-3-2-4-6-12)14-7-8-15-13(11-14)9-10-19(15)17(21)22/h2-8,11H,9-10H2,1H3,(H,21,22). The minimum Gasteiger partial charge on any atom is -0.465 e. The van der Waals surface area contributed by atoms with E-state index in [2.05, 4.69) is 0 Å². The van der Waals surface area contributed by atoms with Crippen molar-refractivity contribution >= 4 is 23.4 Å². The molecule has 5 heteroatoms. The number of hydrogen-bond donors (Lipinski definition) is 1. The number of carbonyl (C=O) groups excluding carboxylic acids is 1. The molecule has 3 rings (SSSR count). The van der Waals surface area contributed by atoms with Gasteiger partial charge in [-0.2, -0.15) is 0 Å². The highest BCUT2D eigenvalue weighted by molar-refractivity contribution is 6.06. The van der Waals surface area contributed by atoms with Crippen LogP contribution in [0.5, 0.6) is 0 Å². The molecule has 1 N–H and O–H groups in total. The van der Waals surface area contributed by atoms with Gasteiger partial charge in [0.2, 0.25) is 0 Å². The predicted octanol–water partition coefficient (Wildman–Crippen LogP) is 3.00. The van der Waals surface area contributed by atoms with Gasteiger partial charge >= 0.3 is 6.09 Å². The number of benzene rings is 2. The number of fused-ring (bicyclic) bond motifs is 1. The Morgan fingerprint density at radius 3 is 2.55 bits per heavy atom. The Hall–Kier alpha value is -2.82. The summed E-state index contributed by atoms with van der Waals surface area (Å²) in [6.07, 6.45) is -0.275. The van der Waals surface area contributed by atoms with E-state index >= 15 is 0 Å². The first-order chi connectivity index (χ1) is 10.6. The van der Waals surface area contributed by atoms with Crippen LogP contribution in [0.2, 0.25) is 0 Å². The van der Waals surface area contributed by atoms with E-state index in [1.54, 1.807) is 36.2 Å². The largest absolute Gasteiger partial charge is 0.465 e. The summed E-state index contributed by atoms with van der Waals surface area (Å²) in [6, 6.07) is 14.5. The number of nitrogens with zero attached hydrogens (tertiary/aromatic N) is 2. The number of anilines is 2. The van der Waals surface area contributed by atoms with E-state index in [9.17, 15) is 9.59 Å². The van der Waals surface area contributed by atoms with Gasteiger partial charge in [0.05, 0.1) is 5.69 Å². The van der Waals surface area contributed by atoms with E-state index < -0.39 is 6.09 Å². The molecule has 5 nitrogen and oxygen atoms in total. The van der Waals surface area contributed by atoms with Gasteiger partial charge in [-0.25, -0.2) is 4.79 Å². The average molecular weight is 296 g/mol. The highest BCUT2D eigenvalue weighted by atomic mass is 16.4. The smallest absolute Gasteiger partial charge is 0.411 e. The maximum atomic E-state index is 12.4. The van der Waals surface area contributed by atoms with Gasteiger partial charge in [-0.3, -0.25) is 9.69 Å². The van der Waals surface area contributed by atoms with Crippen LogP contribution in [0.4, 0.5) is 16.2 Å². The van der Waals surface area contributed by atoms with Crippen molar-refractivity contribution in [2.45, 2.75) is 6.42 Å². The Bertz CT molecular complexity index is 728. The van der Waals surface area contributed by atoms with Crippen molar-refractivity contribution in [2.75, 3.05) is 23.4 Å². The molecule has 0 saturated carbocycles. The molecule has 2 amide bonds. The highest BCUT2D eigenvalue weighted by Crippen LogP contribution is 2.31. The van der Waals surface area contributed by atoms with Gasteiger partial charge in [0, 0.05) is 24.8 Å². The van der Waals surface area contributed by atoms with Gasteiger partial charge < -0.3 is 10.0 Å². The first kappa shape index (κ1) is 14.1. The molecule has 0 aromatic heterocycles. The van der Waals surface area contributed by atoms with Crippen molar-refractivity contribution in [3.05, 3.63) is 59.7 Å². The van der Waals surface area contributed by atoms with E-state index in [1.807, 2.05) is 24.3 Å². The van der Waals surface area contributed by atoms with Crippen molar-refractivity contribution in [1.29, 1.82) is 0 Å². The second-order valence-corrected chi connectivity index (χ2v) is 5.23. The minimum absolute atomic E-state index is 0.0892. The summed E-state index contributed by atoms with van der Waals surface area (Å²) in [7, 11) is 1.72. The third-order valence-corrected chi connectivity index (χ3v) is 3.90. The molecule has 0 atom stereocenters. The number of carbonyl (C=O) groups is 2. The molecule has 0 radical (unpaired) electrons. The zero-order valence-electron chi connectivity index (χ0n) is 12.2. The van der Waals surface area contributed by atoms with E-state index in [-0.39, 0.29) is 5.91 Å². The molecule has 2 aromatic carbocycles. The first-order valence-corrected chi connectivity index (χ1v) is 7.04. The molecular formula is C17H16N2O3. The zero-order valence-corrected chi connectivity index (χ0v) is 12.2. The Morgan fingerprint density at radius 1 is 1.14 bits per heavy atom. The quantitative estimate of drug-likeness (QED) is 0.926. The van der Waals surface area contributed by atoms with Crippen molar-refractivity contribution in [1.82, 2.24) is 0 Å². The summed E-state index contributed by atoms with van der Waals surface area (Å²) < 4.78 is 0. The van der Waals surface area contributed by atoms with Gasteiger partial charge in [-0.15, -0.1) is 0 Å². The summed E-state index contributed by atoms with van der Waals surface area (Å²) in [6.45, 7) is 0.463. The molecule has 0 bridgehead atoms. The molecule has 2 aromatic rings. The second kappa shape index (κ2) is 5.52. The number of carboxylic acid groups (broad SMARTS) is 1. The Morgan fingerprint density at radius 2 is 1.86 bits per heavy atom. The topological polar surface area (TPSA) is 60.9 Å². The van der Waals surface area contributed by atoms with Gasteiger partial charge in [-0.05, 0) is 42.3 Å². The predicted molar refractivity (Wildman–Crippen MR) is 84.7 cm³/mol.